The number of aryl methyl sites for hydroxylation is 1. The van der Waals surface area contributed by atoms with Gasteiger partial charge in [0.2, 0.25) is 0 Å². The first-order valence-corrected chi connectivity index (χ1v) is 10.2. The average Bonchev–Trinajstić information content (AvgIpc) is 2.85. The fourth-order valence-corrected chi connectivity index (χ4v) is 3.18. The number of nitrogens with two attached hydrogens (primary N) is 1. The normalized spacial score (nSPS) is 10.3. The zero-order valence-electron chi connectivity index (χ0n) is 18.5. The van der Waals surface area contributed by atoms with E-state index in [1.807, 2.05) is 0 Å². The highest BCUT2D eigenvalue weighted by Crippen LogP contribution is 2.36. The van der Waals surface area contributed by atoms with Crippen LogP contribution in [0.2, 0.25) is 0 Å². The maximum Gasteiger partial charge on any atom is 0.322 e. The molecule has 0 saturated heterocycles. The number of nitriles is 1. The van der Waals surface area contributed by atoms with Crippen LogP contribution in [0.1, 0.15) is 5.69 Å². The van der Waals surface area contributed by atoms with Crippen LogP contribution in [0.5, 0.6) is 11.8 Å². The fraction of sp³-hybridized carbons (Fsp3) is 0.0400. The van der Waals surface area contributed by atoms with E-state index in [0.717, 1.165) is 0 Å². The number of halogens is 1. The number of aromatic nitrogens is 4. The van der Waals surface area contributed by atoms with Gasteiger partial charge in [0, 0.05) is 23.1 Å². The highest BCUT2D eigenvalue weighted by atomic mass is 19.1. The Balaban J connectivity index is 1.65. The second kappa shape index (κ2) is 9.76. The Morgan fingerprint density at radius 1 is 1.11 bits per heavy atom. The number of hydrogen-bond acceptors (Lipinski definition) is 8. The molecule has 3 N–H and O–H groups in total. The van der Waals surface area contributed by atoms with Gasteiger partial charge in [-0.05, 0) is 42.8 Å². The van der Waals surface area contributed by atoms with Crippen molar-refractivity contribution in [2.45, 2.75) is 6.92 Å². The van der Waals surface area contributed by atoms with Gasteiger partial charge < -0.3 is 15.8 Å². The molecule has 2 aromatic carbocycles. The monoisotopic (exact) mass is 467 g/mol. The van der Waals surface area contributed by atoms with Crippen LogP contribution < -0.4 is 15.8 Å². The second-order valence-electron chi connectivity index (χ2n) is 7.33. The molecule has 0 radical (unpaired) electrons. The van der Waals surface area contributed by atoms with E-state index in [2.05, 4.69) is 31.8 Å². The Kier molecular flexibility index (Phi) is 6.42. The maximum atomic E-state index is 14.9. The number of rotatable bonds is 6. The molecule has 0 spiro atoms. The van der Waals surface area contributed by atoms with Gasteiger partial charge in [-0.25, -0.2) is 24.3 Å². The minimum absolute atomic E-state index is 0.0328. The third-order valence-electron chi connectivity index (χ3n) is 4.90. The Labute approximate surface area is 199 Å². The summed E-state index contributed by atoms with van der Waals surface area (Å²) in [7, 11) is 0. The molecule has 0 aliphatic heterocycles. The summed E-state index contributed by atoms with van der Waals surface area (Å²) in [4.78, 5) is 28.3. The molecule has 172 valence electrons. The minimum atomic E-state index is -0.641. The molecule has 2 aromatic heterocycles. The molecule has 0 unspecified atom stereocenters. The Morgan fingerprint density at radius 2 is 1.86 bits per heavy atom. The maximum absolute atomic E-state index is 14.9. The van der Waals surface area contributed by atoms with Crippen molar-refractivity contribution >= 4 is 17.4 Å². The van der Waals surface area contributed by atoms with Gasteiger partial charge in [0.1, 0.15) is 23.8 Å². The molecule has 0 fully saturated rings. The van der Waals surface area contributed by atoms with Gasteiger partial charge in [0.25, 0.3) is 5.91 Å². The number of benzene rings is 2. The van der Waals surface area contributed by atoms with Crippen molar-refractivity contribution in [2.24, 2.45) is 0 Å². The Bertz CT molecular complexity index is 1480. The third-order valence-corrected chi connectivity index (χ3v) is 4.90. The molecule has 1 amide bonds. The van der Waals surface area contributed by atoms with Crippen molar-refractivity contribution in [1.29, 1.82) is 5.26 Å². The van der Waals surface area contributed by atoms with Crippen molar-refractivity contribution in [3.05, 3.63) is 84.7 Å². The summed E-state index contributed by atoms with van der Waals surface area (Å²) in [6.07, 6.45) is 2.83. The van der Waals surface area contributed by atoms with Gasteiger partial charge in [-0.15, -0.1) is 0 Å². The van der Waals surface area contributed by atoms with Crippen molar-refractivity contribution in [3.8, 4) is 40.2 Å². The third kappa shape index (κ3) is 5.09. The lowest BCUT2D eigenvalue weighted by Gasteiger charge is -2.13. The molecule has 0 atom stereocenters. The average molecular weight is 467 g/mol. The van der Waals surface area contributed by atoms with Crippen LogP contribution >= 0.6 is 0 Å². The number of amides is 1. The van der Waals surface area contributed by atoms with Crippen molar-refractivity contribution in [3.63, 3.8) is 0 Å². The van der Waals surface area contributed by atoms with Crippen LogP contribution in [0.15, 0.2) is 73.2 Å². The molecule has 4 aromatic rings. The van der Waals surface area contributed by atoms with Crippen LogP contribution in [-0.4, -0.2) is 25.8 Å². The Hall–Kier alpha value is -5.17. The van der Waals surface area contributed by atoms with Gasteiger partial charge in [0.05, 0.1) is 11.3 Å². The number of carbonyl (C=O) groups is 1. The predicted octanol–water partition coefficient (Wildman–Crippen LogP) is 4.44. The molecule has 10 heteroatoms. The molecule has 4 rings (SSSR count). The van der Waals surface area contributed by atoms with E-state index in [0.29, 0.717) is 33.8 Å². The predicted molar refractivity (Wildman–Crippen MR) is 128 cm³/mol. The molecule has 0 aliphatic carbocycles. The molecular formula is C25H18FN7O2. The molecule has 35 heavy (non-hydrogen) atoms. The fourth-order valence-electron chi connectivity index (χ4n) is 3.18. The highest BCUT2D eigenvalue weighted by molar-refractivity contribution is 6.06. The number of nitrogens with one attached hydrogen (secondary N) is 1. The second-order valence-corrected chi connectivity index (χ2v) is 7.33. The van der Waals surface area contributed by atoms with E-state index < -0.39 is 11.7 Å². The lowest BCUT2D eigenvalue weighted by atomic mass is 9.99. The molecular weight excluding hydrogens is 449 g/mol. The number of nitrogens with zero attached hydrogens (tertiary/aromatic N) is 5. The van der Waals surface area contributed by atoms with E-state index in [9.17, 15) is 9.18 Å². The van der Waals surface area contributed by atoms with Gasteiger partial charge in [-0.3, -0.25) is 4.79 Å². The standard InChI is InChI=1S/C25H18FN7O2/c1-14(12-27)24(34)33-18-6-3-16(4-7-18)22-21(23(28)31-13-30-22)17-5-8-20(19(26)11-17)35-25-29-10-9-15(2)32-25/h3-11,13H,1H2,2H3,(H,33,34)(H2,28,30,31). The Morgan fingerprint density at radius 3 is 2.54 bits per heavy atom. The lowest BCUT2D eigenvalue weighted by Crippen LogP contribution is -2.12. The van der Waals surface area contributed by atoms with Gasteiger partial charge in [-0.2, -0.15) is 5.26 Å². The molecule has 2 heterocycles. The lowest BCUT2D eigenvalue weighted by molar-refractivity contribution is -0.112. The first-order chi connectivity index (χ1) is 16.9. The molecule has 9 nitrogen and oxygen atoms in total. The smallest absolute Gasteiger partial charge is 0.322 e. The van der Waals surface area contributed by atoms with Crippen molar-refractivity contribution in [1.82, 2.24) is 19.9 Å². The first kappa shape index (κ1) is 23.0. The SMILES string of the molecule is C=C(C#N)C(=O)Nc1ccc(-c2ncnc(N)c2-c2ccc(Oc3nccc(C)n3)c(F)c2)cc1. The van der Waals surface area contributed by atoms with Crippen molar-refractivity contribution in [2.75, 3.05) is 11.1 Å². The summed E-state index contributed by atoms with van der Waals surface area (Å²) in [6, 6.07) is 14.5. The van der Waals surface area contributed by atoms with E-state index in [1.165, 1.54) is 24.7 Å². The zero-order valence-corrected chi connectivity index (χ0v) is 18.5. The van der Waals surface area contributed by atoms with Crippen LogP contribution in [0.4, 0.5) is 15.9 Å². The van der Waals surface area contributed by atoms with Gasteiger partial charge >= 0.3 is 6.01 Å². The summed E-state index contributed by atoms with van der Waals surface area (Å²) in [5.74, 6) is -1.12. The van der Waals surface area contributed by atoms with E-state index >= 15 is 0 Å². The number of ether oxygens (including phenoxy) is 1. The van der Waals surface area contributed by atoms with E-state index in [-0.39, 0.29) is 23.2 Å². The summed E-state index contributed by atoms with van der Waals surface area (Å²) in [6.45, 7) is 5.15. The summed E-state index contributed by atoms with van der Waals surface area (Å²) in [5, 5.41) is 11.4. The van der Waals surface area contributed by atoms with E-state index in [4.69, 9.17) is 15.7 Å². The minimum Gasteiger partial charge on any atom is -0.421 e. The number of anilines is 2. The molecule has 0 bridgehead atoms. The summed E-state index contributed by atoms with van der Waals surface area (Å²) < 4.78 is 20.4. The van der Waals surface area contributed by atoms with Crippen LogP contribution in [-0.2, 0) is 4.79 Å². The van der Waals surface area contributed by atoms with Crippen LogP contribution in [0.3, 0.4) is 0 Å². The van der Waals surface area contributed by atoms with Crippen LogP contribution in [0.25, 0.3) is 22.4 Å². The summed E-state index contributed by atoms with van der Waals surface area (Å²) in [5.41, 5.74) is 9.07. The van der Waals surface area contributed by atoms with Crippen molar-refractivity contribution < 1.29 is 13.9 Å². The summed E-state index contributed by atoms with van der Waals surface area (Å²) >= 11 is 0. The topological polar surface area (TPSA) is 140 Å². The van der Waals surface area contributed by atoms with E-state index in [1.54, 1.807) is 49.4 Å². The quantitative estimate of drug-likeness (QED) is 0.313. The molecule has 0 saturated carbocycles. The van der Waals surface area contributed by atoms with Gasteiger partial charge in [-0.1, -0.05) is 24.8 Å². The number of nitrogen functional groups attached to an aromatic ring is 1. The zero-order chi connectivity index (χ0) is 24.9. The highest BCUT2D eigenvalue weighted by Gasteiger charge is 2.17. The molecule has 0 aliphatic rings. The first-order valence-electron chi connectivity index (χ1n) is 10.2. The number of hydrogen-bond donors (Lipinski definition) is 2. The van der Waals surface area contributed by atoms with Crippen LogP contribution in [0, 0.1) is 24.1 Å². The van der Waals surface area contributed by atoms with Gasteiger partial charge in [0.15, 0.2) is 11.6 Å². The largest absolute Gasteiger partial charge is 0.421 e. The number of carbonyl (C=O) groups excluding carboxylic acids is 1.